The molecule has 9 heteroatoms. The van der Waals surface area contributed by atoms with Gasteiger partial charge in [0.05, 0.1) is 17.1 Å². The molecule has 0 unspecified atom stereocenters. The Labute approximate surface area is 183 Å². The number of aromatic hydroxyl groups is 1. The molecule has 3 heterocycles. The summed E-state index contributed by atoms with van der Waals surface area (Å²) >= 11 is 12.7. The first-order valence-electron chi connectivity index (χ1n) is 9.65. The predicted molar refractivity (Wildman–Crippen MR) is 115 cm³/mol. The minimum Gasteiger partial charge on any atom is -0.502 e. The van der Waals surface area contributed by atoms with Gasteiger partial charge in [-0.05, 0) is 25.5 Å². The van der Waals surface area contributed by atoms with Gasteiger partial charge in [-0.2, -0.15) is 0 Å². The second kappa shape index (κ2) is 7.89. The molecule has 0 spiro atoms. The SMILES string of the molecule is CC[C@H]1/C=C/COc2c(ccc(Cl)c2Cl)[C@H](C)N2CN1C(=O)c1c(O)c(=O)ccn12. The van der Waals surface area contributed by atoms with Crippen LogP contribution in [-0.4, -0.2) is 39.9 Å². The molecule has 0 saturated carbocycles. The Morgan fingerprint density at radius 1 is 1.23 bits per heavy atom. The molecule has 7 nitrogen and oxygen atoms in total. The lowest BCUT2D eigenvalue weighted by atomic mass is 10.1. The summed E-state index contributed by atoms with van der Waals surface area (Å²) in [5.41, 5.74) is 0.107. The summed E-state index contributed by atoms with van der Waals surface area (Å²) in [5, 5.41) is 13.0. The Kier molecular flexibility index (Phi) is 5.42. The topological polar surface area (TPSA) is 75.0 Å². The first-order chi connectivity index (χ1) is 14.3. The Morgan fingerprint density at radius 3 is 2.73 bits per heavy atom. The molecule has 2 aliphatic heterocycles. The zero-order valence-corrected chi connectivity index (χ0v) is 18.0. The van der Waals surface area contributed by atoms with Crippen LogP contribution in [0.2, 0.25) is 10.0 Å². The number of fused-ring (bicyclic) bond motifs is 5. The smallest absolute Gasteiger partial charge is 0.278 e. The van der Waals surface area contributed by atoms with E-state index in [1.54, 1.807) is 11.0 Å². The van der Waals surface area contributed by atoms with E-state index in [9.17, 15) is 14.7 Å². The number of ether oxygens (including phenoxy) is 1. The molecule has 2 atom stereocenters. The molecule has 2 bridgehead atoms. The van der Waals surface area contributed by atoms with Gasteiger partial charge in [-0.25, -0.2) is 0 Å². The van der Waals surface area contributed by atoms with Gasteiger partial charge in [-0.15, -0.1) is 0 Å². The highest BCUT2D eigenvalue weighted by atomic mass is 35.5. The highest BCUT2D eigenvalue weighted by molar-refractivity contribution is 6.43. The number of aromatic nitrogens is 1. The molecule has 0 aliphatic carbocycles. The monoisotopic (exact) mass is 449 g/mol. The van der Waals surface area contributed by atoms with Gasteiger partial charge in [0.15, 0.2) is 11.4 Å². The van der Waals surface area contributed by atoms with Crippen molar-refractivity contribution < 1.29 is 14.6 Å². The van der Waals surface area contributed by atoms with Crippen LogP contribution >= 0.6 is 23.2 Å². The molecule has 158 valence electrons. The van der Waals surface area contributed by atoms with Crippen LogP contribution < -0.4 is 15.2 Å². The summed E-state index contributed by atoms with van der Waals surface area (Å²) in [6.07, 6.45) is 5.87. The minimum absolute atomic E-state index is 0.0609. The van der Waals surface area contributed by atoms with Crippen molar-refractivity contribution in [2.45, 2.75) is 32.4 Å². The number of hydrogen-bond donors (Lipinski definition) is 1. The van der Waals surface area contributed by atoms with Crippen LogP contribution in [0.1, 0.15) is 42.4 Å². The number of benzene rings is 1. The lowest BCUT2D eigenvalue weighted by Gasteiger charge is -2.44. The second-order valence-corrected chi connectivity index (χ2v) is 8.03. The first-order valence-corrected chi connectivity index (χ1v) is 10.4. The Bertz CT molecular complexity index is 1100. The van der Waals surface area contributed by atoms with Crippen LogP contribution in [0.25, 0.3) is 0 Å². The van der Waals surface area contributed by atoms with E-state index in [1.807, 2.05) is 37.1 Å². The van der Waals surface area contributed by atoms with E-state index < -0.39 is 17.1 Å². The lowest BCUT2D eigenvalue weighted by molar-refractivity contribution is 0.0623. The van der Waals surface area contributed by atoms with Gasteiger partial charge in [0.1, 0.15) is 24.0 Å². The summed E-state index contributed by atoms with van der Waals surface area (Å²) in [4.78, 5) is 27.0. The van der Waals surface area contributed by atoms with E-state index in [0.717, 1.165) is 5.56 Å². The fourth-order valence-electron chi connectivity index (χ4n) is 3.91. The number of amides is 1. The third-order valence-corrected chi connectivity index (χ3v) is 6.36. The maximum absolute atomic E-state index is 13.2. The van der Waals surface area contributed by atoms with E-state index in [-0.39, 0.29) is 31.1 Å². The molecule has 30 heavy (non-hydrogen) atoms. The van der Waals surface area contributed by atoms with E-state index in [0.29, 0.717) is 22.2 Å². The number of halogens is 2. The Balaban J connectivity index is 1.96. The van der Waals surface area contributed by atoms with Crippen molar-refractivity contribution in [2.75, 3.05) is 18.3 Å². The molecule has 1 amide bonds. The van der Waals surface area contributed by atoms with E-state index in [4.69, 9.17) is 27.9 Å². The van der Waals surface area contributed by atoms with Crippen molar-refractivity contribution in [2.24, 2.45) is 0 Å². The van der Waals surface area contributed by atoms with Crippen LogP contribution in [0.4, 0.5) is 0 Å². The molecule has 0 saturated heterocycles. The summed E-state index contributed by atoms with van der Waals surface area (Å²) in [6, 6.07) is 4.21. The van der Waals surface area contributed by atoms with Crippen molar-refractivity contribution in [1.82, 2.24) is 9.58 Å². The minimum atomic E-state index is -0.601. The summed E-state index contributed by atoms with van der Waals surface area (Å²) in [6.45, 7) is 4.41. The number of nitrogens with zero attached hydrogens (tertiary/aromatic N) is 3. The van der Waals surface area contributed by atoms with Crippen molar-refractivity contribution >= 4 is 29.1 Å². The standard InChI is InChI=1S/C21H21Cl2N3O4/c1-3-13-5-4-10-30-20-14(6-7-15(22)17(20)23)12(2)26-11-24(13)21(29)18-19(28)16(27)8-9-25(18)26/h4-9,12-13,28H,3,10-11H2,1-2H3/b5-4+/t12-,13-/m0/s1. The van der Waals surface area contributed by atoms with Gasteiger partial charge in [0, 0.05) is 17.8 Å². The molecule has 2 aliphatic rings. The quantitative estimate of drug-likeness (QED) is 0.671. The Morgan fingerprint density at radius 2 is 2.00 bits per heavy atom. The normalized spacial score (nSPS) is 21.9. The van der Waals surface area contributed by atoms with Crippen molar-refractivity contribution in [3.63, 3.8) is 0 Å². The molecule has 0 fully saturated rings. The molecule has 4 rings (SSSR count). The molecule has 1 aromatic carbocycles. The van der Waals surface area contributed by atoms with Crippen molar-refractivity contribution in [1.29, 1.82) is 0 Å². The fraction of sp³-hybridized carbons (Fsp3) is 0.333. The van der Waals surface area contributed by atoms with Crippen LogP contribution in [0.15, 0.2) is 41.3 Å². The third kappa shape index (κ3) is 3.22. The highest BCUT2D eigenvalue weighted by Gasteiger charge is 2.37. The van der Waals surface area contributed by atoms with Gasteiger partial charge in [-0.1, -0.05) is 42.3 Å². The van der Waals surface area contributed by atoms with Gasteiger partial charge in [0.25, 0.3) is 5.91 Å². The summed E-state index contributed by atoms with van der Waals surface area (Å²) < 4.78 is 7.49. The van der Waals surface area contributed by atoms with Crippen molar-refractivity contribution in [3.05, 3.63) is 68.1 Å². The molecular weight excluding hydrogens is 429 g/mol. The zero-order chi connectivity index (χ0) is 21.6. The van der Waals surface area contributed by atoms with E-state index in [2.05, 4.69) is 0 Å². The number of carbonyl (C=O) groups is 1. The van der Waals surface area contributed by atoms with Gasteiger partial charge < -0.3 is 14.7 Å². The lowest BCUT2D eigenvalue weighted by Crippen LogP contribution is -2.57. The molecular formula is C21H21Cl2N3O4. The molecule has 1 aromatic heterocycles. The van der Waals surface area contributed by atoms with E-state index in [1.165, 1.54) is 16.9 Å². The number of rotatable bonds is 1. The number of carbonyl (C=O) groups excluding carboxylic acids is 1. The average Bonchev–Trinajstić information content (AvgIpc) is 2.75. The zero-order valence-electron chi connectivity index (χ0n) is 16.5. The highest BCUT2D eigenvalue weighted by Crippen LogP contribution is 2.40. The maximum atomic E-state index is 13.2. The molecule has 2 aromatic rings. The van der Waals surface area contributed by atoms with Crippen LogP contribution in [0.3, 0.4) is 0 Å². The van der Waals surface area contributed by atoms with Gasteiger partial charge in [-0.3, -0.25) is 19.3 Å². The summed E-state index contributed by atoms with van der Waals surface area (Å²) in [7, 11) is 0. The second-order valence-electron chi connectivity index (χ2n) is 7.25. The maximum Gasteiger partial charge on any atom is 0.278 e. The molecule has 0 radical (unpaired) electrons. The number of hydrogen-bond acceptors (Lipinski definition) is 5. The largest absolute Gasteiger partial charge is 0.502 e. The van der Waals surface area contributed by atoms with Gasteiger partial charge >= 0.3 is 0 Å². The predicted octanol–water partition coefficient (Wildman–Crippen LogP) is 3.70. The van der Waals surface area contributed by atoms with Crippen LogP contribution in [0.5, 0.6) is 11.5 Å². The molecule has 1 N–H and O–H groups in total. The van der Waals surface area contributed by atoms with Crippen molar-refractivity contribution in [3.8, 4) is 11.5 Å². The third-order valence-electron chi connectivity index (χ3n) is 5.57. The van der Waals surface area contributed by atoms with E-state index >= 15 is 0 Å². The fourth-order valence-corrected chi connectivity index (χ4v) is 4.28. The average molecular weight is 450 g/mol. The number of pyridine rings is 1. The summed E-state index contributed by atoms with van der Waals surface area (Å²) in [5.74, 6) is -0.505. The van der Waals surface area contributed by atoms with Gasteiger partial charge in [0.2, 0.25) is 5.43 Å². The first kappa shape index (κ1) is 20.6. The van der Waals surface area contributed by atoms with Crippen LogP contribution in [-0.2, 0) is 0 Å². The van der Waals surface area contributed by atoms with Crippen LogP contribution in [0, 0.1) is 0 Å². The Hall–Kier alpha value is -2.64.